The van der Waals surface area contributed by atoms with E-state index >= 15 is 0 Å². The molecule has 1 fully saturated rings. The van der Waals surface area contributed by atoms with E-state index in [1.165, 1.54) is 4.90 Å². The number of imide groups is 1. The van der Waals surface area contributed by atoms with E-state index in [1.807, 2.05) is 24.3 Å². The van der Waals surface area contributed by atoms with Gasteiger partial charge >= 0.3 is 0 Å². The van der Waals surface area contributed by atoms with Crippen molar-refractivity contribution in [2.24, 2.45) is 0 Å². The third-order valence-corrected chi connectivity index (χ3v) is 6.59. The molecule has 2 heterocycles. The first-order chi connectivity index (χ1) is 15.5. The maximum absolute atomic E-state index is 13.0. The van der Waals surface area contributed by atoms with Gasteiger partial charge in [0.15, 0.2) is 0 Å². The van der Waals surface area contributed by atoms with Gasteiger partial charge in [-0.3, -0.25) is 24.2 Å². The minimum Gasteiger partial charge on any atom is -0.336 e. The highest BCUT2D eigenvalue weighted by Crippen LogP contribution is 2.29. The van der Waals surface area contributed by atoms with Gasteiger partial charge < -0.3 is 4.90 Å². The lowest BCUT2D eigenvalue weighted by molar-refractivity contribution is 0.0551. The van der Waals surface area contributed by atoms with Crippen molar-refractivity contribution in [3.05, 3.63) is 82.4 Å². The molecular weight excluding hydrogens is 426 g/mol. The first kappa shape index (κ1) is 20.7. The van der Waals surface area contributed by atoms with Crippen molar-refractivity contribution in [2.75, 3.05) is 39.3 Å². The highest BCUT2D eigenvalue weighted by Gasteiger charge is 2.33. The summed E-state index contributed by atoms with van der Waals surface area (Å²) < 4.78 is 0. The number of halogens is 1. The molecule has 2 aliphatic rings. The summed E-state index contributed by atoms with van der Waals surface area (Å²) >= 11 is 6.17. The van der Waals surface area contributed by atoms with E-state index in [1.54, 1.807) is 41.3 Å². The van der Waals surface area contributed by atoms with Gasteiger partial charge in [-0.05, 0) is 29.7 Å². The molecule has 1 saturated heterocycles. The van der Waals surface area contributed by atoms with Crippen LogP contribution in [0, 0.1) is 0 Å². The van der Waals surface area contributed by atoms with Crippen LogP contribution in [-0.4, -0.2) is 71.7 Å². The number of hydrogen-bond donors (Lipinski definition) is 0. The van der Waals surface area contributed by atoms with Crippen LogP contribution < -0.4 is 0 Å². The molecule has 0 aromatic heterocycles. The van der Waals surface area contributed by atoms with Crippen LogP contribution in [-0.2, 0) is 0 Å². The largest absolute Gasteiger partial charge is 0.336 e. The molecule has 3 aromatic rings. The number of hydrogen-bond acceptors (Lipinski definition) is 4. The van der Waals surface area contributed by atoms with Crippen molar-refractivity contribution in [3.63, 3.8) is 0 Å². The van der Waals surface area contributed by atoms with Crippen molar-refractivity contribution in [2.45, 2.75) is 0 Å². The normalized spacial score (nSPS) is 16.7. The Kier molecular flexibility index (Phi) is 5.41. The second kappa shape index (κ2) is 8.37. The molecule has 0 bridgehead atoms. The number of benzene rings is 3. The third-order valence-electron chi connectivity index (χ3n) is 6.26. The van der Waals surface area contributed by atoms with Gasteiger partial charge in [0.1, 0.15) is 0 Å². The van der Waals surface area contributed by atoms with Crippen LogP contribution in [0.25, 0.3) is 10.8 Å². The number of carbonyl (C=O) groups excluding carboxylic acids is 3. The van der Waals surface area contributed by atoms with Gasteiger partial charge in [-0.1, -0.05) is 48.0 Å². The summed E-state index contributed by atoms with van der Waals surface area (Å²) in [7, 11) is 0. The molecule has 2 aliphatic heterocycles. The van der Waals surface area contributed by atoms with E-state index in [-0.39, 0.29) is 17.7 Å². The highest BCUT2D eigenvalue weighted by molar-refractivity contribution is 6.33. The second-order valence-electron chi connectivity index (χ2n) is 8.08. The zero-order chi connectivity index (χ0) is 22.2. The van der Waals surface area contributed by atoms with E-state index in [9.17, 15) is 14.4 Å². The summed E-state index contributed by atoms with van der Waals surface area (Å²) in [4.78, 5) is 44.1. The number of piperazine rings is 1. The summed E-state index contributed by atoms with van der Waals surface area (Å²) in [6, 6.07) is 18.2. The first-order valence-electron chi connectivity index (χ1n) is 10.7. The predicted octanol–water partition coefficient (Wildman–Crippen LogP) is 3.55. The minimum absolute atomic E-state index is 0.0682. The SMILES string of the molecule is O=C(c1ccccc1Cl)N1CCN(CCN2C(=O)c3cccc4cccc(c34)C2=O)CC1. The molecule has 0 N–H and O–H groups in total. The van der Waals surface area contributed by atoms with E-state index in [0.29, 0.717) is 61.0 Å². The number of rotatable bonds is 4. The smallest absolute Gasteiger partial charge is 0.261 e. The van der Waals surface area contributed by atoms with E-state index in [2.05, 4.69) is 4.90 Å². The van der Waals surface area contributed by atoms with Gasteiger partial charge in [0, 0.05) is 55.8 Å². The lowest BCUT2D eigenvalue weighted by Gasteiger charge is -2.36. The van der Waals surface area contributed by atoms with Crippen molar-refractivity contribution in [3.8, 4) is 0 Å². The molecule has 0 unspecified atom stereocenters. The lowest BCUT2D eigenvalue weighted by Crippen LogP contribution is -2.51. The lowest BCUT2D eigenvalue weighted by atomic mass is 9.94. The van der Waals surface area contributed by atoms with Crippen molar-refractivity contribution < 1.29 is 14.4 Å². The summed E-state index contributed by atoms with van der Waals surface area (Å²) in [5, 5.41) is 2.10. The number of nitrogens with zero attached hydrogens (tertiary/aromatic N) is 3. The molecule has 0 radical (unpaired) electrons. The van der Waals surface area contributed by atoms with Gasteiger partial charge in [-0.15, -0.1) is 0 Å². The quantitative estimate of drug-likeness (QED) is 0.574. The predicted molar refractivity (Wildman–Crippen MR) is 123 cm³/mol. The Morgan fingerprint density at radius 2 is 1.41 bits per heavy atom. The standard InChI is InChI=1S/C25H22ClN3O3/c26-21-10-2-1-7-18(21)23(30)28-14-11-27(12-15-28)13-16-29-24(31)19-8-3-5-17-6-4-9-20(22(17)19)25(29)32/h1-10H,11-16H2. The molecule has 5 rings (SSSR count). The maximum atomic E-state index is 13.0. The molecule has 32 heavy (non-hydrogen) atoms. The molecular formula is C25H22ClN3O3. The zero-order valence-corrected chi connectivity index (χ0v) is 18.2. The van der Waals surface area contributed by atoms with Crippen LogP contribution in [0.5, 0.6) is 0 Å². The molecule has 162 valence electrons. The summed E-state index contributed by atoms with van der Waals surface area (Å²) in [5.41, 5.74) is 1.67. The van der Waals surface area contributed by atoms with Crippen LogP contribution in [0.4, 0.5) is 0 Å². The van der Waals surface area contributed by atoms with Crippen LogP contribution in [0.2, 0.25) is 5.02 Å². The Labute approximate surface area is 191 Å². The van der Waals surface area contributed by atoms with Crippen LogP contribution in [0.3, 0.4) is 0 Å². The van der Waals surface area contributed by atoms with Crippen molar-refractivity contribution in [1.29, 1.82) is 0 Å². The Morgan fingerprint density at radius 1 is 0.781 bits per heavy atom. The number of carbonyl (C=O) groups is 3. The molecule has 3 amide bonds. The molecule has 3 aromatic carbocycles. The third kappa shape index (κ3) is 3.55. The van der Waals surface area contributed by atoms with E-state index < -0.39 is 0 Å². The Hall–Kier alpha value is -3.22. The first-order valence-corrected chi connectivity index (χ1v) is 11.1. The van der Waals surface area contributed by atoms with Crippen LogP contribution in [0.1, 0.15) is 31.1 Å². The van der Waals surface area contributed by atoms with E-state index in [0.717, 1.165) is 10.8 Å². The molecule has 7 heteroatoms. The average molecular weight is 448 g/mol. The zero-order valence-electron chi connectivity index (χ0n) is 17.5. The van der Waals surface area contributed by atoms with Gasteiger partial charge in [0.05, 0.1) is 10.6 Å². The molecule has 0 spiro atoms. The van der Waals surface area contributed by atoms with Crippen LogP contribution >= 0.6 is 11.6 Å². The Balaban J connectivity index is 1.23. The monoisotopic (exact) mass is 447 g/mol. The average Bonchev–Trinajstić information content (AvgIpc) is 2.82. The topological polar surface area (TPSA) is 60.9 Å². The van der Waals surface area contributed by atoms with Crippen LogP contribution in [0.15, 0.2) is 60.7 Å². The van der Waals surface area contributed by atoms with Gasteiger partial charge in [-0.25, -0.2) is 0 Å². The van der Waals surface area contributed by atoms with Gasteiger partial charge in [0.25, 0.3) is 17.7 Å². The summed E-state index contributed by atoms with van der Waals surface area (Å²) in [6.07, 6.45) is 0. The van der Waals surface area contributed by atoms with Gasteiger partial charge in [-0.2, -0.15) is 0 Å². The Morgan fingerprint density at radius 3 is 2.03 bits per heavy atom. The molecule has 0 atom stereocenters. The molecule has 6 nitrogen and oxygen atoms in total. The van der Waals surface area contributed by atoms with Crippen molar-refractivity contribution >= 4 is 40.1 Å². The van der Waals surface area contributed by atoms with Crippen molar-refractivity contribution in [1.82, 2.24) is 14.7 Å². The fourth-order valence-corrected chi connectivity index (χ4v) is 4.72. The fourth-order valence-electron chi connectivity index (χ4n) is 4.50. The minimum atomic E-state index is -0.244. The maximum Gasteiger partial charge on any atom is 0.261 e. The number of amides is 3. The highest BCUT2D eigenvalue weighted by atomic mass is 35.5. The second-order valence-corrected chi connectivity index (χ2v) is 8.49. The molecule has 0 saturated carbocycles. The Bertz CT molecular complexity index is 1180. The molecule has 0 aliphatic carbocycles. The van der Waals surface area contributed by atoms with Gasteiger partial charge in [0.2, 0.25) is 0 Å². The summed E-state index contributed by atoms with van der Waals surface area (Å²) in [5.74, 6) is -0.556. The summed E-state index contributed by atoms with van der Waals surface area (Å²) in [6.45, 7) is 3.41. The van der Waals surface area contributed by atoms with E-state index in [4.69, 9.17) is 11.6 Å². The fraction of sp³-hybridized carbons (Fsp3) is 0.240.